The Hall–Kier alpha value is -3.92. The molecule has 8 nitrogen and oxygen atoms in total. The van der Waals surface area contributed by atoms with Crippen molar-refractivity contribution in [2.24, 2.45) is 0 Å². The van der Waals surface area contributed by atoms with Crippen molar-refractivity contribution < 1.29 is 17.6 Å². The number of carbonyl (C=O) groups is 1. The monoisotopic (exact) mass is 440 g/mol. The van der Waals surface area contributed by atoms with E-state index in [1.54, 1.807) is 25.1 Å². The van der Waals surface area contributed by atoms with Crippen LogP contribution in [0.15, 0.2) is 70.4 Å². The molecular formula is C21H17FN4O4S. The summed E-state index contributed by atoms with van der Waals surface area (Å²) in [6, 6.07) is 14.4. The lowest BCUT2D eigenvalue weighted by Gasteiger charge is -2.13. The molecule has 31 heavy (non-hydrogen) atoms. The minimum absolute atomic E-state index is 0.00970. The maximum atomic E-state index is 14.0. The van der Waals surface area contributed by atoms with E-state index in [1.165, 1.54) is 42.5 Å². The summed E-state index contributed by atoms with van der Waals surface area (Å²) in [5.41, 5.74) is 1.12. The van der Waals surface area contributed by atoms with Gasteiger partial charge in [-0.15, -0.1) is 0 Å². The molecule has 0 fully saturated rings. The van der Waals surface area contributed by atoms with Crippen LogP contribution in [0.2, 0.25) is 0 Å². The van der Waals surface area contributed by atoms with Crippen LogP contribution >= 0.6 is 0 Å². The van der Waals surface area contributed by atoms with E-state index in [4.69, 9.17) is 0 Å². The molecule has 0 bridgehead atoms. The highest BCUT2D eigenvalue weighted by atomic mass is 32.2. The average Bonchev–Trinajstić information content (AvgIpc) is 3.10. The van der Waals surface area contributed by atoms with Crippen molar-refractivity contribution in [3.05, 3.63) is 88.1 Å². The lowest BCUT2D eigenvalue weighted by atomic mass is 10.1. The van der Waals surface area contributed by atoms with Crippen LogP contribution in [-0.2, 0) is 10.0 Å². The predicted octanol–water partition coefficient (Wildman–Crippen LogP) is 3.36. The number of fused-ring (bicyclic) bond motifs is 1. The van der Waals surface area contributed by atoms with Gasteiger partial charge in [-0.3, -0.25) is 9.52 Å². The quantitative estimate of drug-likeness (QED) is 0.380. The fraction of sp³-hybridized carbons (Fsp3) is 0.0476. The van der Waals surface area contributed by atoms with Crippen molar-refractivity contribution in [1.82, 2.24) is 9.97 Å². The van der Waals surface area contributed by atoms with Gasteiger partial charge in [-0.2, -0.15) is 0 Å². The number of aromatic amines is 2. The Morgan fingerprint density at radius 2 is 1.68 bits per heavy atom. The Morgan fingerprint density at radius 1 is 0.935 bits per heavy atom. The summed E-state index contributed by atoms with van der Waals surface area (Å²) in [7, 11) is -4.08. The average molecular weight is 440 g/mol. The molecule has 0 saturated heterocycles. The van der Waals surface area contributed by atoms with E-state index < -0.39 is 27.4 Å². The number of hydrogen-bond acceptors (Lipinski definition) is 4. The second-order valence-corrected chi connectivity index (χ2v) is 8.56. The number of hydrogen-bond donors (Lipinski definition) is 4. The van der Waals surface area contributed by atoms with Crippen LogP contribution in [0.1, 0.15) is 15.9 Å². The molecule has 1 amide bonds. The van der Waals surface area contributed by atoms with E-state index in [2.05, 4.69) is 20.0 Å². The number of aryl methyl sites for hydroxylation is 1. The van der Waals surface area contributed by atoms with Crippen LogP contribution in [0.3, 0.4) is 0 Å². The molecule has 10 heteroatoms. The Labute approximate surface area is 176 Å². The van der Waals surface area contributed by atoms with Gasteiger partial charge in [-0.1, -0.05) is 18.2 Å². The highest BCUT2D eigenvalue weighted by molar-refractivity contribution is 7.92. The molecule has 0 saturated carbocycles. The SMILES string of the molecule is Cc1ccc(F)c(NC(=O)c2ccccc2NS(=O)(=O)c2ccc3[nH]c(=O)[nH]c3c2)c1. The Kier molecular flexibility index (Phi) is 5.07. The summed E-state index contributed by atoms with van der Waals surface area (Å²) in [4.78, 5) is 29.1. The van der Waals surface area contributed by atoms with E-state index in [1.807, 2.05) is 0 Å². The molecule has 1 heterocycles. The number of nitrogens with one attached hydrogen (secondary N) is 4. The molecule has 0 aliphatic rings. The molecule has 4 aromatic rings. The van der Waals surface area contributed by atoms with Gasteiger partial charge in [-0.05, 0) is 55.0 Å². The highest BCUT2D eigenvalue weighted by Gasteiger charge is 2.20. The van der Waals surface area contributed by atoms with Gasteiger partial charge in [0.15, 0.2) is 0 Å². The molecule has 0 spiro atoms. The first kappa shape index (κ1) is 20.4. The topological polar surface area (TPSA) is 124 Å². The minimum Gasteiger partial charge on any atom is -0.319 e. The van der Waals surface area contributed by atoms with E-state index in [0.29, 0.717) is 11.0 Å². The summed E-state index contributed by atoms with van der Waals surface area (Å²) in [6.07, 6.45) is 0. The number of aromatic nitrogens is 2. The third-order valence-electron chi connectivity index (χ3n) is 4.58. The first-order valence-corrected chi connectivity index (χ1v) is 10.6. The van der Waals surface area contributed by atoms with Crippen LogP contribution in [0.4, 0.5) is 15.8 Å². The molecule has 0 unspecified atom stereocenters. The van der Waals surface area contributed by atoms with E-state index in [0.717, 1.165) is 5.56 Å². The van der Waals surface area contributed by atoms with Crippen molar-refractivity contribution in [1.29, 1.82) is 0 Å². The summed E-state index contributed by atoms with van der Waals surface area (Å²) in [5.74, 6) is -1.28. The van der Waals surface area contributed by atoms with Gasteiger partial charge in [0.25, 0.3) is 15.9 Å². The largest absolute Gasteiger partial charge is 0.323 e. The molecule has 0 radical (unpaired) electrons. The lowest BCUT2D eigenvalue weighted by molar-refractivity contribution is 0.102. The van der Waals surface area contributed by atoms with Gasteiger partial charge >= 0.3 is 5.69 Å². The van der Waals surface area contributed by atoms with Crippen molar-refractivity contribution in [2.45, 2.75) is 11.8 Å². The zero-order valence-corrected chi connectivity index (χ0v) is 17.0. The summed E-state index contributed by atoms with van der Waals surface area (Å²) in [5, 5.41) is 2.47. The van der Waals surface area contributed by atoms with Crippen molar-refractivity contribution >= 4 is 38.3 Å². The standard InChI is InChI=1S/C21H17FN4O4S/c1-12-6-8-15(22)18(10-12)23-20(27)14-4-2-3-5-16(14)26-31(29,30)13-7-9-17-19(11-13)25-21(28)24-17/h2-11,26H,1H3,(H,23,27)(H2,24,25,28). The molecule has 4 N–H and O–H groups in total. The lowest BCUT2D eigenvalue weighted by Crippen LogP contribution is -2.19. The Balaban J connectivity index is 1.65. The summed E-state index contributed by atoms with van der Waals surface area (Å²) in [6.45, 7) is 1.76. The van der Waals surface area contributed by atoms with Gasteiger partial charge < -0.3 is 15.3 Å². The minimum atomic E-state index is -4.08. The summed E-state index contributed by atoms with van der Waals surface area (Å²) < 4.78 is 42.2. The fourth-order valence-corrected chi connectivity index (χ4v) is 4.18. The van der Waals surface area contributed by atoms with Crippen LogP contribution in [0.25, 0.3) is 11.0 Å². The molecule has 0 aliphatic carbocycles. The van der Waals surface area contributed by atoms with Crippen molar-refractivity contribution in [2.75, 3.05) is 10.0 Å². The molecule has 4 rings (SSSR count). The predicted molar refractivity (Wildman–Crippen MR) is 115 cm³/mol. The second kappa shape index (κ2) is 7.73. The number of H-pyrrole nitrogens is 2. The Bertz CT molecular complexity index is 1470. The molecular weight excluding hydrogens is 423 g/mol. The number of amides is 1. The molecule has 0 atom stereocenters. The van der Waals surface area contributed by atoms with E-state index >= 15 is 0 Å². The smallest absolute Gasteiger partial charge is 0.319 e. The number of anilines is 2. The molecule has 0 aliphatic heterocycles. The molecule has 158 valence electrons. The van der Waals surface area contributed by atoms with Gasteiger partial charge in [0.05, 0.1) is 32.9 Å². The zero-order chi connectivity index (χ0) is 22.2. The van der Waals surface area contributed by atoms with E-state index in [9.17, 15) is 22.4 Å². The second-order valence-electron chi connectivity index (χ2n) is 6.88. The number of carbonyl (C=O) groups excluding carboxylic acids is 1. The highest BCUT2D eigenvalue weighted by Crippen LogP contribution is 2.24. The van der Waals surface area contributed by atoms with E-state index in [-0.39, 0.29) is 21.8 Å². The number of rotatable bonds is 5. The number of imidazole rings is 1. The van der Waals surface area contributed by atoms with Crippen LogP contribution < -0.4 is 15.7 Å². The van der Waals surface area contributed by atoms with Gasteiger partial charge in [-0.25, -0.2) is 17.6 Å². The fourth-order valence-electron chi connectivity index (χ4n) is 3.08. The first-order valence-electron chi connectivity index (χ1n) is 9.14. The normalized spacial score (nSPS) is 11.4. The number of para-hydroxylation sites is 1. The number of halogens is 1. The van der Waals surface area contributed by atoms with Gasteiger partial charge in [0.2, 0.25) is 0 Å². The third kappa shape index (κ3) is 4.19. The van der Waals surface area contributed by atoms with Gasteiger partial charge in [0.1, 0.15) is 5.82 Å². The van der Waals surface area contributed by atoms with Crippen LogP contribution in [0.5, 0.6) is 0 Å². The zero-order valence-electron chi connectivity index (χ0n) is 16.2. The summed E-state index contributed by atoms with van der Waals surface area (Å²) >= 11 is 0. The maximum absolute atomic E-state index is 14.0. The number of sulfonamides is 1. The van der Waals surface area contributed by atoms with Crippen LogP contribution in [0, 0.1) is 12.7 Å². The van der Waals surface area contributed by atoms with Crippen molar-refractivity contribution in [3.63, 3.8) is 0 Å². The van der Waals surface area contributed by atoms with Crippen molar-refractivity contribution in [3.8, 4) is 0 Å². The molecule has 3 aromatic carbocycles. The maximum Gasteiger partial charge on any atom is 0.323 e. The first-order chi connectivity index (χ1) is 14.7. The number of benzene rings is 3. The third-order valence-corrected chi connectivity index (χ3v) is 5.95. The van der Waals surface area contributed by atoms with Crippen LogP contribution in [-0.4, -0.2) is 24.3 Å². The molecule has 1 aromatic heterocycles. The van der Waals surface area contributed by atoms with Gasteiger partial charge in [0, 0.05) is 0 Å². The Morgan fingerprint density at radius 3 is 2.48 bits per heavy atom.